The predicted octanol–water partition coefficient (Wildman–Crippen LogP) is 15.5. The summed E-state index contributed by atoms with van der Waals surface area (Å²) in [6.07, 6.45) is 0. The topological polar surface area (TPSA) is 32.8 Å². The summed E-state index contributed by atoms with van der Waals surface area (Å²) in [6.45, 7) is 13.9. The molecule has 0 atom stereocenters. The molecule has 0 spiro atoms. The fraction of sp³-hybridized carbons (Fsp3) is 0.129. The molecule has 67 heavy (non-hydrogen) atoms. The summed E-state index contributed by atoms with van der Waals surface area (Å²) >= 11 is 0. The van der Waals surface area contributed by atoms with Crippen LogP contribution in [0, 0.1) is 0 Å². The van der Waals surface area contributed by atoms with Gasteiger partial charge in [0.15, 0.2) is 0 Å². The lowest BCUT2D eigenvalue weighted by Crippen LogP contribution is -2.61. The second kappa shape index (κ2) is 14.4. The number of nitrogens with zero attached hydrogens (tertiary/aromatic N) is 2. The third kappa shape index (κ3) is 6.07. The monoisotopic (exact) mass is 864 g/mol. The van der Waals surface area contributed by atoms with Crippen molar-refractivity contribution in [3.8, 4) is 22.3 Å². The molecule has 0 bridgehead atoms. The Morgan fingerprint density at radius 3 is 1.42 bits per heavy atom. The highest BCUT2D eigenvalue weighted by Gasteiger charge is 2.44. The van der Waals surface area contributed by atoms with Crippen molar-refractivity contribution in [2.45, 2.75) is 52.4 Å². The fourth-order valence-electron chi connectivity index (χ4n) is 11.0. The maximum Gasteiger partial charge on any atom is 0.252 e. The Kier molecular flexibility index (Phi) is 8.49. The zero-order valence-electron chi connectivity index (χ0n) is 38.7. The van der Waals surface area contributed by atoms with Crippen LogP contribution in [0.5, 0.6) is 0 Å². The smallest absolute Gasteiger partial charge is 0.252 e. The van der Waals surface area contributed by atoms with Crippen molar-refractivity contribution in [3.05, 3.63) is 199 Å². The largest absolute Gasteiger partial charge is 0.455 e. The van der Waals surface area contributed by atoms with Crippen LogP contribution < -0.4 is 26.2 Å². The van der Waals surface area contributed by atoms with Crippen molar-refractivity contribution in [1.82, 2.24) is 0 Å². The van der Waals surface area contributed by atoms with Crippen LogP contribution in [0.3, 0.4) is 0 Å². The molecule has 0 fully saturated rings. The van der Waals surface area contributed by atoms with E-state index in [-0.39, 0.29) is 17.5 Å². The Morgan fingerprint density at radius 1 is 0.373 bits per heavy atom. The Morgan fingerprint density at radius 2 is 0.851 bits per heavy atom. The molecule has 11 aromatic rings. The molecule has 0 amide bonds. The molecule has 0 aliphatic carbocycles. The third-order valence-electron chi connectivity index (χ3n) is 14.4. The first-order valence-corrected chi connectivity index (χ1v) is 23.5. The molecule has 5 heteroatoms. The summed E-state index contributed by atoms with van der Waals surface area (Å²) in [5.74, 6) is 0. The van der Waals surface area contributed by atoms with Crippen LogP contribution in [0.25, 0.3) is 66.1 Å². The van der Waals surface area contributed by atoms with E-state index in [1.54, 1.807) is 0 Å². The first-order chi connectivity index (χ1) is 32.5. The average molecular weight is 865 g/mol. The van der Waals surface area contributed by atoms with Crippen LogP contribution in [0.2, 0.25) is 0 Å². The molecule has 0 saturated heterocycles. The zero-order valence-corrected chi connectivity index (χ0v) is 38.7. The Labute approximate surface area is 391 Å². The number of fused-ring (bicyclic) bond motifs is 10. The molecule has 4 nitrogen and oxygen atoms in total. The minimum absolute atomic E-state index is 0.0000213. The average Bonchev–Trinajstić information content (AvgIpc) is 3.92. The van der Waals surface area contributed by atoms with Crippen molar-refractivity contribution < 1.29 is 8.83 Å². The van der Waals surface area contributed by atoms with E-state index in [0.29, 0.717) is 0 Å². The Balaban J connectivity index is 1.04. The van der Waals surface area contributed by atoms with Gasteiger partial charge in [0.25, 0.3) is 6.71 Å². The van der Waals surface area contributed by atoms with Gasteiger partial charge in [-0.3, -0.25) is 0 Å². The molecule has 2 aliphatic rings. The lowest BCUT2D eigenvalue weighted by Gasteiger charge is -2.45. The van der Waals surface area contributed by atoms with Gasteiger partial charge >= 0.3 is 0 Å². The molecule has 0 radical (unpaired) electrons. The Bertz CT molecular complexity index is 3820. The van der Waals surface area contributed by atoms with Crippen molar-refractivity contribution in [2.75, 3.05) is 9.80 Å². The molecule has 13 rings (SSSR count). The zero-order chi connectivity index (χ0) is 45.3. The summed E-state index contributed by atoms with van der Waals surface area (Å²) in [7, 11) is 0. The molecule has 4 heterocycles. The quantitative estimate of drug-likeness (QED) is 0.165. The van der Waals surface area contributed by atoms with Gasteiger partial charge in [-0.2, -0.15) is 0 Å². The van der Waals surface area contributed by atoms with Crippen LogP contribution in [0.4, 0.5) is 34.1 Å². The molecule has 2 aromatic heterocycles. The maximum atomic E-state index is 6.61. The number of anilines is 6. The maximum absolute atomic E-state index is 6.61. The van der Waals surface area contributed by atoms with Crippen LogP contribution in [0.1, 0.15) is 52.7 Å². The summed E-state index contributed by atoms with van der Waals surface area (Å²) < 4.78 is 13.2. The van der Waals surface area contributed by atoms with Crippen LogP contribution in [0.15, 0.2) is 197 Å². The van der Waals surface area contributed by atoms with Crippen LogP contribution in [-0.2, 0) is 10.8 Å². The lowest BCUT2D eigenvalue weighted by molar-refractivity contribution is 0.590. The molecule has 0 saturated carbocycles. The van der Waals surface area contributed by atoms with E-state index in [2.05, 4.69) is 227 Å². The second-order valence-electron chi connectivity index (χ2n) is 20.5. The van der Waals surface area contributed by atoms with E-state index >= 15 is 0 Å². The first kappa shape index (κ1) is 39.6. The Hall–Kier alpha value is -7.76. The highest BCUT2D eigenvalue weighted by atomic mass is 16.3. The van der Waals surface area contributed by atoms with Gasteiger partial charge in [0.2, 0.25) is 0 Å². The van der Waals surface area contributed by atoms with Gasteiger partial charge in [-0.1, -0.05) is 169 Å². The predicted molar refractivity (Wildman–Crippen MR) is 283 cm³/mol. The lowest BCUT2D eigenvalue weighted by atomic mass is 9.33. The standard InChI is InChI=1S/C62H49BN2O2/c1-61(2,3)40-31-33-52-51(36-40)63-50-32-30-41(62(4,5)6)37-55(50)65(43-19-12-17-39(35-43)45-23-14-25-49-47-21-8-10-29-57(47)67-60(45)49)54-27-15-26-53(58(54)63)64(52)42-18-11-16-38(34-42)44-22-13-24-48-46-20-7-9-28-56(46)66-59(44)48/h7-37H,1-6H3. The number of hydrogen-bond donors (Lipinski definition) is 0. The van der Waals surface area contributed by atoms with Crippen LogP contribution >= 0.6 is 0 Å². The van der Waals surface area contributed by atoms with E-state index < -0.39 is 0 Å². The molecule has 9 aromatic carbocycles. The van der Waals surface area contributed by atoms with Crippen molar-refractivity contribution in [2.24, 2.45) is 0 Å². The van der Waals surface area contributed by atoms with Gasteiger partial charge in [-0.25, -0.2) is 0 Å². The van der Waals surface area contributed by atoms with Gasteiger partial charge in [0.05, 0.1) is 0 Å². The minimum atomic E-state index is -0.0556. The summed E-state index contributed by atoms with van der Waals surface area (Å²) in [5, 5.41) is 4.52. The van der Waals surface area contributed by atoms with Crippen molar-refractivity contribution in [1.29, 1.82) is 0 Å². The molecule has 2 aliphatic heterocycles. The van der Waals surface area contributed by atoms with Crippen molar-refractivity contribution in [3.63, 3.8) is 0 Å². The molecular weight excluding hydrogens is 816 g/mol. The van der Waals surface area contributed by atoms with Crippen LogP contribution in [-0.4, -0.2) is 6.71 Å². The van der Waals surface area contributed by atoms with Gasteiger partial charge in [0.1, 0.15) is 22.3 Å². The number of benzene rings is 9. The van der Waals surface area contributed by atoms with E-state index in [0.717, 1.165) is 77.5 Å². The van der Waals surface area contributed by atoms with Gasteiger partial charge in [-0.05, 0) is 110 Å². The van der Waals surface area contributed by atoms with E-state index in [1.165, 1.54) is 50.3 Å². The molecule has 0 N–H and O–H groups in total. The van der Waals surface area contributed by atoms with E-state index in [4.69, 9.17) is 8.83 Å². The summed E-state index contributed by atoms with van der Waals surface area (Å²) in [5.41, 5.74) is 21.4. The van der Waals surface area contributed by atoms with Gasteiger partial charge in [-0.15, -0.1) is 0 Å². The SMILES string of the molecule is CC(C)(C)c1ccc2c(c1)B1c3ccc(C(C)(C)C)cc3N(c3cccc(-c4cccc5c4oc4ccccc45)c3)c3cccc(c31)N2c1cccc(-c2cccc3c2oc2ccccc23)c1. The van der Waals surface area contributed by atoms with E-state index in [9.17, 15) is 0 Å². The highest BCUT2D eigenvalue weighted by Crippen LogP contribution is 2.47. The van der Waals surface area contributed by atoms with Gasteiger partial charge in [0, 0.05) is 66.8 Å². The van der Waals surface area contributed by atoms with Gasteiger partial charge < -0.3 is 18.6 Å². The number of rotatable bonds is 4. The fourth-order valence-corrected chi connectivity index (χ4v) is 11.0. The summed E-state index contributed by atoms with van der Waals surface area (Å²) in [4.78, 5) is 5.03. The molecule has 322 valence electrons. The molecule has 0 unspecified atom stereocenters. The third-order valence-corrected chi connectivity index (χ3v) is 14.4. The molecular formula is C62H49BN2O2. The first-order valence-electron chi connectivity index (χ1n) is 23.5. The van der Waals surface area contributed by atoms with Crippen molar-refractivity contribution >= 4 is 101 Å². The number of furan rings is 2. The second-order valence-corrected chi connectivity index (χ2v) is 20.5. The summed E-state index contributed by atoms with van der Waals surface area (Å²) in [6, 6.07) is 69.1. The number of para-hydroxylation sites is 4. The normalized spacial score (nSPS) is 13.4. The minimum Gasteiger partial charge on any atom is -0.455 e. The van der Waals surface area contributed by atoms with E-state index in [1.807, 2.05) is 12.1 Å². The number of hydrogen-bond acceptors (Lipinski definition) is 4. The highest BCUT2D eigenvalue weighted by molar-refractivity contribution is 7.00.